The summed E-state index contributed by atoms with van der Waals surface area (Å²) in [5, 5.41) is 5.06. The quantitative estimate of drug-likeness (QED) is 0.622. The van der Waals surface area contributed by atoms with Crippen LogP contribution in [0.1, 0.15) is 64.1 Å². The summed E-state index contributed by atoms with van der Waals surface area (Å²) in [5.74, 6) is 7.30. The second-order valence-corrected chi connectivity index (χ2v) is 6.31. The maximum Gasteiger partial charge on any atom is 0.0834 e. The van der Waals surface area contributed by atoms with Gasteiger partial charge in [-0.15, -0.1) is 0 Å². The average Bonchev–Trinajstić information content (AvgIpc) is 2.83. The zero-order valence-electron chi connectivity index (χ0n) is 12.6. The Morgan fingerprint density at radius 2 is 2.10 bits per heavy atom. The van der Waals surface area contributed by atoms with E-state index in [9.17, 15) is 0 Å². The molecule has 114 valence electrons. The lowest BCUT2D eigenvalue weighted by Crippen LogP contribution is -2.37. The minimum Gasteiger partial charge on any atom is -0.271 e. The van der Waals surface area contributed by atoms with E-state index in [0.717, 1.165) is 23.2 Å². The van der Waals surface area contributed by atoms with E-state index in [0.29, 0.717) is 5.92 Å². The van der Waals surface area contributed by atoms with Crippen molar-refractivity contribution in [3.05, 3.63) is 16.9 Å². The summed E-state index contributed by atoms with van der Waals surface area (Å²) in [7, 11) is 0. The van der Waals surface area contributed by atoms with Crippen molar-refractivity contribution in [2.75, 3.05) is 0 Å². The number of halogens is 1. The lowest BCUT2D eigenvalue weighted by Gasteiger charge is -2.34. The Balaban J connectivity index is 2.07. The molecule has 3 N–H and O–H groups in total. The van der Waals surface area contributed by atoms with Gasteiger partial charge in [-0.1, -0.05) is 44.2 Å². The molecule has 1 aliphatic carbocycles. The molecule has 0 aliphatic heterocycles. The molecule has 20 heavy (non-hydrogen) atoms. The first-order valence-electron chi connectivity index (χ1n) is 7.88. The fraction of sp³-hybridized carbons (Fsp3) is 0.800. The van der Waals surface area contributed by atoms with Crippen LogP contribution in [0.2, 0.25) is 5.02 Å². The maximum absolute atomic E-state index is 6.32. The molecule has 1 fully saturated rings. The highest BCUT2D eigenvalue weighted by atomic mass is 35.5. The number of hydrogen-bond acceptors (Lipinski definition) is 3. The summed E-state index contributed by atoms with van der Waals surface area (Å²) in [6.45, 7) is 5.18. The number of aromatic nitrogens is 2. The van der Waals surface area contributed by atoms with E-state index in [-0.39, 0.29) is 6.04 Å². The van der Waals surface area contributed by atoms with Crippen molar-refractivity contribution in [2.24, 2.45) is 17.7 Å². The van der Waals surface area contributed by atoms with Crippen LogP contribution in [-0.2, 0) is 6.54 Å². The normalized spacial score (nSPS) is 24.8. The van der Waals surface area contributed by atoms with Gasteiger partial charge in [0.15, 0.2) is 0 Å². The molecule has 1 saturated carbocycles. The van der Waals surface area contributed by atoms with E-state index in [1.165, 1.54) is 38.5 Å². The molecular weight excluding hydrogens is 272 g/mol. The zero-order chi connectivity index (χ0) is 14.5. The van der Waals surface area contributed by atoms with Gasteiger partial charge in [-0.05, 0) is 31.6 Å². The van der Waals surface area contributed by atoms with Gasteiger partial charge >= 0.3 is 0 Å². The van der Waals surface area contributed by atoms with Gasteiger partial charge in [-0.25, -0.2) is 0 Å². The van der Waals surface area contributed by atoms with Crippen LogP contribution in [-0.4, -0.2) is 9.78 Å². The largest absolute Gasteiger partial charge is 0.271 e. The number of rotatable bonds is 6. The fourth-order valence-corrected chi connectivity index (χ4v) is 3.85. The Morgan fingerprint density at radius 1 is 1.40 bits per heavy atom. The molecule has 0 aromatic carbocycles. The smallest absolute Gasteiger partial charge is 0.0834 e. The number of nitrogens with one attached hydrogen (secondary N) is 1. The van der Waals surface area contributed by atoms with Gasteiger partial charge in [0, 0.05) is 6.54 Å². The van der Waals surface area contributed by atoms with Crippen LogP contribution in [0.25, 0.3) is 0 Å². The molecule has 0 spiro atoms. The molecule has 1 atom stereocenters. The van der Waals surface area contributed by atoms with Crippen molar-refractivity contribution < 1.29 is 0 Å². The number of nitrogens with zero attached hydrogens (tertiary/aromatic N) is 2. The van der Waals surface area contributed by atoms with Crippen LogP contribution in [0.15, 0.2) is 6.20 Å². The molecule has 0 saturated heterocycles. The van der Waals surface area contributed by atoms with Crippen LogP contribution >= 0.6 is 11.6 Å². The zero-order valence-corrected chi connectivity index (χ0v) is 13.4. The van der Waals surface area contributed by atoms with Crippen molar-refractivity contribution in [1.29, 1.82) is 0 Å². The molecule has 2 rings (SSSR count). The summed E-state index contributed by atoms with van der Waals surface area (Å²) in [5.41, 5.74) is 4.04. The van der Waals surface area contributed by atoms with Crippen LogP contribution in [0.4, 0.5) is 0 Å². The van der Waals surface area contributed by atoms with Crippen molar-refractivity contribution in [1.82, 2.24) is 15.2 Å². The highest BCUT2D eigenvalue weighted by Crippen LogP contribution is 2.39. The molecule has 1 aromatic heterocycles. The Labute approximate surface area is 127 Å². The maximum atomic E-state index is 6.32. The van der Waals surface area contributed by atoms with Gasteiger partial charge in [0.25, 0.3) is 0 Å². The number of hydrazine groups is 1. The Bertz CT molecular complexity index is 410. The first-order valence-corrected chi connectivity index (χ1v) is 8.26. The van der Waals surface area contributed by atoms with Gasteiger partial charge in [-0.3, -0.25) is 16.0 Å². The van der Waals surface area contributed by atoms with Gasteiger partial charge < -0.3 is 0 Å². The summed E-state index contributed by atoms with van der Waals surface area (Å²) in [4.78, 5) is 0. The highest BCUT2D eigenvalue weighted by Gasteiger charge is 2.31. The molecule has 1 aliphatic rings. The lowest BCUT2D eigenvalue weighted by atomic mass is 9.76. The molecule has 0 amide bonds. The van der Waals surface area contributed by atoms with Gasteiger partial charge in [0.05, 0.1) is 23.0 Å². The third-order valence-electron chi connectivity index (χ3n) is 4.67. The van der Waals surface area contributed by atoms with Gasteiger partial charge in [-0.2, -0.15) is 5.10 Å². The third-order valence-corrected chi connectivity index (χ3v) is 4.96. The molecule has 5 heteroatoms. The van der Waals surface area contributed by atoms with Crippen molar-refractivity contribution in [2.45, 2.75) is 65.0 Å². The molecule has 1 unspecified atom stereocenters. The minimum absolute atomic E-state index is 0.118. The van der Waals surface area contributed by atoms with E-state index < -0.39 is 0 Å². The van der Waals surface area contributed by atoms with Gasteiger partial charge in [0.1, 0.15) is 0 Å². The Morgan fingerprint density at radius 3 is 2.65 bits per heavy atom. The van der Waals surface area contributed by atoms with Crippen molar-refractivity contribution in [3.63, 3.8) is 0 Å². The topological polar surface area (TPSA) is 55.9 Å². The standard InChI is InChI=1S/C15H27ClN4/c1-3-5-11-6-8-12(9-7-11)14(19-17)15-13(16)10-18-20(15)4-2/h10-12,14,19H,3-9,17H2,1-2H3. The average molecular weight is 299 g/mol. The summed E-state index contributed by atoms with van der Waals surface area (Å²) >= 11 is 6.32. The van der Waals surface area contributed by atoms with Crippen LogP contribution < -0.4 is 11.3 Å². The number of aryl methyl sites for hydroxylation is 1. The monoisotopic (exact) mass is 298 g/mol. The number of nitrogens with two attached hydrogens (primary N) is 1. The molecule has 0 radical (unpaired) electrons. The lowest BCUT2D eigenvalue weighted by molar-refractivity contribution is 0.209. The van der Waals surface area contributed by atoms with Crippen LogP contribution in [0.3, 0.4) is 0 Å². The van der Waals surface area contributed by atoms with E-state index in [1.807, 2.05) is 4.68 Å². The van der Waals surface area contributed by atoms with Crippen molar-refractivity contribution >= 4 is 11.6 Å². The molecule has 1 aromatic rings. The van der Waals surface area contributed by atoms with E-state index in [1.54, 1.807) is 6.20 Å². The first-order chi connectivity index (χ1) is 9.71. The van der Waals surface area contributed by atoms with Gasteiger partial charge in [0.2, 0.25) is 0 Å². The summed E-state index contributed by atoms with van der Waals surface area (Å²) in [6, 6.07) is 0.118. The van der Waals surface area contributed by atoms with E-state index in [2.05, 4.69) is 24.4 Å². The first kappa shape index (κ1) is 15.8. The summed E-state index contributed by atoms with van der Waals surface area (Å²) in [6.07, 6.45) is 9.47. The fourth-order valence-electron chi connectivity index (χ4n) is 3.59. The summed E-state index contributed by atoms with van der Waals surface area (Å²) < 4.78 is 1.96. The second kappa shape index (κ2) is 7.43. The number of hydrogen-bond donors (Lipinski definition) is 2. The minimum atomic E-state index is 0.118. The second-order valence-electron chi connectivity index (χ2n) is 5.91. The van der Waals surface area contributed by atoms with Crippen LogP contribution in [0, 0.1) is 11.8 Å². The molecule has 4 nitrogen and oxygen atoms in total. The molecule has 1 heterocycles. The van der Waals surface area contributed by atoms with Crippen molar-refractivity contribution in [3.8, 4) is 0 Å². The third kappa shape index (κ3) is 3.35. The predicted octanol–water partition coefficient (Wildman–Crippen LogP) is 3.67. The molecular formula is C15H27ClN4. The predicted molar refractivity (Wildman–Crippen MR) is 83.3 cm³/mol. The highest BCUT2D eigenvalue weighted by molar-refractivity contribution is 6.31. The van der Waals surface area contributed by atoms with E-state index >= 15 is 0 Å². The molecule has 0 bridgehead atoms. The van der Waals surface area contributed by atoms with E-state index in [4.69, 9.17) is 17.4 Å². The van der Waals surface area contributed by atoms with Crippen LogP contribution in [0.5, 0.6) is 0 Å². The SMILES string of the molecule is CCCC1CCC(C(NN)c2c(Cl)cnn2CC)CC1. The Hall–Kier alpha value is -0.580. The Kier molecular flexibility index (Phi) is 5.87.